The maximum atomic E-state index is 12.9. The van der Waals surface area contributed by atoms with Gasteiger partial charge in [0.15, 0.2) is 0 Å². The van der Waals surface area contributed by atoms with E-state index in [1.54, 1.807) is 13.1 Å². The zero-order valence-electron chi connectivity index (χ0n) is 16.1. The summed E-state index contributed by atoms with van der Waals surface area (Å²) in [7, 11) is 0. The minimum Gasteiger partial charge on any atom is -0.509 e. The third-order valence-corrected chi connectivity index (χ3v) is 5.24. The molecule has 0 saturated carbocycles. The Bertz CT molecular complexity index is 1130. The number of fused-ring (bicyclic) bond motifs is 1. The molecular weight excluding hydrogens is 401 g/mol. The molecule has 1 saturated heterocycles. The highest BCUT2D eigenvalue weighted by Crippen LogP contribution is 2.29. The van der Waals surface area contributed by atoms with Gasteiger partial charge in [0.2, 0.25) is 0 Å². The summed E-state index contributed by atoms with van der Waals surface area (Å²) in [6.45, 7) is 2.49. The standard InChI is InChI=1S/C20H21F3N4O3/c1-12-18(28)17-15(25-10-19(29)6-7-30-11-19)8-26-27(16(17)9-24-12)14-4-2-13(3-5-14)20(21,22)23/h2-5,8-9,12,24,28-29H,6-7,10-11H2,1H3/t12-,19?/m0/s1. The minimum absolute atomic E-state index is 0.0315. The molecule has 3 N–H and O–H groups in total. The van der Waals surface area contributed by atoms with Crippen LogP contribution in [0.2, 0.25) is 0 Å². The maximum Gasteiger partial charge on any atom is 0.416 e. The molecule has 7 nitrogen and oxygen atoms in total. The average Bonchev–Trinajstić information content (AvgIpc) is 3.15. The highest BCUT2D eigenvalue weighted by atomic mass is 19.4. The van der Waals surface area contributed by atoms with Gasteiger partial charge < -0.3 is 20.3 Å². The molecule has 3 heterocycles. The van der Waals surface area contributed by atoms with Gasteiger partial charge in [0.25, 0.3) is 0 Å². The Morgan fingerprint density at radius 1 is 1.33 bits per heavy atom. The van der Waals surface area contributed by atoms with Crippen LogP contribution in [0.15, 0.2) is 35.5 Å². The first-order valence-corrected chi connectivity index (χ1v) is 9.44. The van der Waals surface area contributed by atoms with Crippen LogP contribution in [0.1, 0.15) is 18.9 Å². The van der Waals surface area contributed by atoms with E-state index in [1.165, 1.54) is 23.0 Å². The Hall–Kier alpha value is -2.85. The van der Waals surface area contributed by atoms with Crippen molar-refractivity contribution in [3.63, 3.8) is 0 Å². The maximum absolute atomic E-state index is 12.9. The van der Waals surface area contributed by atoms with Gasteiger partial charge in [-0.25, -0.2) is 4.68 Å². The van der Waals surface area contributed by atoms with Crippen LogP contribution in [0.4, 0.5) is 13.2 Å². The SMILES string of the molecule is C[C@@H]1NC=c2c(c(=NCC3(O)CCOC3)cnn2-c2ccc(C(F)(F)F)cc2)=C1O. The number of rotatable bonds is 3. The third-order valence-electron chi connectivity index (χ3n) is 5.24. The van der Waals surface area contributed by atoms with Crippen molar-refractivity contribution in [3.05, 3.63) is 52.0 Å². The van der Waals surface area contributed by atoms with Crippen molar-refractivity contribution >= 4 is 12.0 Å². The Labute approximate surface area is 169 Å². The van der Waals surface area contributed by atoms with Gasteiger partial charge in [-0.1, -0.05) is 0 Å². The molecule has 160 valence electrons. The van der Waals surface area contributed by atoms with E-state index in [-0.39, 0.29) is 25.0 Å². The summed E-state index contributed by atoms with van der Waals surface area (Å²) in [6, 6.07) is 4.20. The molecule has 1 unspecified atom stereocenters. The van der Waals surface area contributed by atoms with Crippen molar-refractivity contribution in [2.75, 3.05) is 19.8 Å². The van der Waals surface area contributed by atoms with Crippen LogP contribution >= 0.6 is 0 Å². The number of aliphatic hydroxyl groups is 2. The lowest BCUT2D eigenvalue weighted by molar-refractivity contribution is -0.137. The van der Waals surface area contributed by atoms with Gasteiger partial charge in [-0.2, -0.15) is 18.3 Å². The van der Waals surface area contributed by atoms with Crippen molar-refractivity contribution in [1.29, 1.82) is 0 Å². The quantitative estimate of drug-likeness (QED) is 0.664. The first-order chi connectivity index (χ1) is 14.2. The fourth-order valence-corrected chi connectivity index (χ4v) is 3.44. The molecule has 0 amide bonds. The van der Waals surface area contributed by atoms with Crippen LogP contribution in [0, 0.1) is 0 Å². The molecule has 2 atom stereocenters. The van der Waals surface area contributed by atoms with Crippen molar-refractivity contribution in [2.45, 2.75) is 31.2 Å². The van der Waals surface area contributed by atoms with Gasteiger partial charge in [0, 0.05) is 19.2 Å². The summed E-state index contributed by atoms with van der Waals surface area (Å²) in [5.41, 5.74) is -1.43. The zero-order chi connectivity index (χ0) is 21.5. The number of aliphatic hydroxyl groups excluding tert-OH is 1. The van der Waals surface area contributed by atoms with Crippen molar-refractivity contribution < 1.29 is 28.1 Å². The molecule has 0 aliphatic carbocycles. The molecule has 0 spiro atoms. The molecule has 2 aliphatic rings. The number of alkyl halides is 3. The Morgan fingerprint density at radius 3 is 2.70 bits per heavy atom. The van der Waals surface area contributed by atoms with E-state index >= 15 is 0 Å². The number of nitrogens with zero attached hydrogens (tertiary/aromatic N) is 3. The Balaban J connectivity index is 1.84. The third kappa shape index (κ3) is 3.80. The molecule has 1 aromatic heterocycles. The molecule has 0 bridgehead atoms. The normalized spacial score (nSPS) is 24.4. The zero-order valence-corrected chi connectivity index (χ0v) is 16.1. The van der Waals surface area contributed by atoms with Gasteiger partial charge in [-0.3, -0.25) is 4.99 Å². The summed E-state index contributed by atoms with van der Waals surface area (Å²) in [6.07, 6.45) is -0.906. The van der Waals surface area contributed by atoms with E-state index in [2.05, 4.69) is 15.4 Å². The lowest BCUT2D eigenvalue weighted by Gasteiger charge is -2.19. The minimum atomic E-state index is -4.43. The monoisotopic (exact) mass is 422 g/mol. The van der Waals surface area contributed by atoms with E-state index in [0.717, 1.165) is 12.1 Å². The predicted octanol–water partition coefficient (Wildman–Crippen LogP) is 0.339. The van der Waals surface area contributed by atoms with Crippen molar-refractivity contribution in [2.24, 2.45) is 4.99 Å². The van der Waals surface area contributed by atoms with Crippen molar-refractivity contribution in [1.82, 2.24) is 15.1 Å². The van der Waals surface area contributed by atoms with E-state index in [9.17, 15) is 23.4 Å². The lowest BCUT2D eigenvalue weighted by atomic mass is 10.0. The van der Waals surface area contributed by atoms with Crippen LogP contribution in [0.25, 0.3) is 17.6 Å². The number of benzene rings is 1. The van der Waals surface area contributed by atoms with Gasteiger partial charge in [-0.05, 0) is 31.2 Å². The Morgan fingerprint density at radius 2 is 2.07 bits per heavy atom. The summed E-state index contributed by atoms with van der Waals surface area (Å²) in [5, 5.41) is 29.7. The number of ether oxygens (including phenoxy) is 1. The van der Waals surface area contributed by atoms with Crippen LogP contribution < -0.4 is 21.2 Å². The molecule has 2 aromatic rings. The highest BCUT2D eigenvalue weighted by molar-refractivity contribution is 5.48. The average molecular weight is 422 g/mol. The largest absolute Gasteiger partial charge is 0.509 e. The van der Waals surface area contributed by atoms with Crippen molar-refractivity contribution in [3.8, 4) is 5.69 Å². The molecule has 1 aromatic carbocycles. The molecule has 2 aliphatic heterocycles. The predicted molar refractivity (Wildman–Crippen MR) is 102 cm³/mol. The van der Waals surface area contributed by atoms with E-state index in [1.807, 2.05) is 0 Å². The van der Waals surface area contributed by atoms with Crippen LogP contribution in [0.3, 0.4) is 0 Å². The van der Waals surface area contributed by atoms with E-state index in [0.29, 0.717) is 34.6 Å². The van der Waals surface area contributed by atoms with Crippen LogP contribution in [-0.2, 0) is 10.9 Å². The van der Waals surface area contributed by atoms with Crippen LogP contribution in [-0.4, -0.2) is 51.4 Å². The van der Waals surface area contributed by atoms with Gasteiger partial charge >= 0.3 is 6.18 Å². The fourth-order valence-electron chi connectivity index (χ4n) is 3.44. The number of nitrogens with one attached hydrogen (secondary N) is 1. The number of aromatic nitrogens is 2. The molecular formula is C20H21F3N4O3. The fraction of sp³-hybridized carbons (Fsp3) is 0.400. The van der Waals surface area contributed by atoms with E-state index in [4.69, 9.17) is 4.74 Å². The second-order valence-electron chi connectivity index (χ2n) is 7.51. The molecule has 10 heteroatoms. The van der Waals surface area contributed by atoms with Gasteiger partial charge in [-0.15, -0.1) is 0 Å². The highest BCUT2D eigenvalue weighted by Gasteiger charge is 2.32. The number of halogens is 3. The van der Waals surface area contributed by atoms with Gasteiger partial charge in [0.1, 0.15) is 11.4 Å². The number of hydrogen-bond donors (Lipinski definition) is 3. The topological polar surface area (TPSA) is 91.9 Å². The smallest absolute Gasteiger partial charge is 0.416 e. The molecule has 4 rings (SSSR count). The molecule has 0 radical (unpaired) electrons. The summed E-state index contributed by atoms with van der Waals surface area (Å²) in [5.74, 6) is 0.0315. The van der Waals surface area contributed by atoms with E-state index < -0.39 is 17.3 Å². The molecule has 30 heavy (non-hydrogen) atoms. The van der Waals surface area contributed by atoms with Crippen LogP contribution in [0.5, 0.6) is 0 Å². The summed E-state index contributed by atoms with van der Waals surface area (Å²) < 4.78 is 45.3. The first kappa shape index (κ1) is 20.4. The summed E-state index contributed by atoms with van der Waals surface area (Å²) in [4.78, 5) is 4.46. The first-order valence-electron chi connectivity index (χ1n) is 9.44. The van der Waals surface area contributed by atoms with Gasteiger partial charge in [0.05, 0.1) is 52.6 Å². The Kier molecular flexibility index (Phi) is 5.07. The second-order valence-corrected chi connectivity index (χ2v) is 7.51. The lowest BCUT2D eigenvalue weighted by Crippen LogP contribution is -2.54. The second kappa shape index (κ2) is 7.44. The molecule has 1 fully saturated rings. The number of hydrogen-bond acceptors (Lipinski definition) is 6. The summed E-state index contributed by atoms with van der Waals surface area (Å²) >= 11 is 0.